The van der Waals surface area contributed by atoms with Crippen molar-refractivity contribution in [1.29, 1.82) is 0 Å². The Bertz CT molecular complexity index is 230. The van der Waals surface area contributed by atoms with Crippen molar-refractivity contribution in [2.24, 2.45) is 5.92 Å². The first-order valence-corrected chi connectivity index (χ1v) is 6.81. The molecule has 1 amide bonds. The highest BCUT2D eigenvalue weighted by molar-refractivity contribution is 5.82. The summed E-state index contributed by atoms with van der Waals surface area (Å²) < 4.78 is 0. The Labute approximate surface area is 98.4 Å². The van der Waals surface area contributed by atoms with Gasteiger partial charge in [0.15, 0.2) is 0 Å². The third-order valence-corrected chi connectivity index (χ3v) is 4.10. The number of rotatable bonds is 3. The molecule has 3 heteroatoms. The Kier molecular flexibility index (Phi) is 4.22. The van der Waals surface area contributed by atoms with Crippen LogP contribution in [-0.4, -0.2) is 24.5 Å². The van der Waals surface area contributed by atoms with Crippen LogP contribution in [0.3, 0.4) is 0 Å². The Morgan fingerprint density at radius 2 is 1.88 bits per heavy atom. The molecule has 0 spiro atoms. The zero-order valence-corrected chi connectivity index (χ0v) is 10.3. The average Bonchev–Trinajstić information content (AvgIpc) is 2.83. The molecule has 1 aliphatic carbocycles. The molecule has 0 bridgehead atoms. The van der Waals surface area contributed by atoms with E-state index in [-0.39, 0.29) is 11.9 Å². The Hall–Kier alpha value is -0.570. The van der Waals surface area contributed by atoms with Crippen molar-refractivity contribution < 1.29 is 4.79 Å². The van der Waals surface area contributed by atoms with Gasteiger partial charge < -0.3 is 10.6 Å². The predicted octanol–water partition coefficient (Wildman–Crippen LogP) is 1.82. The van der Waals surface area contributed by atoms with Crippen LogP contribution in [0.1, 0.15) is 51.9 Å². The summed E-state index contributed by atoms with van der Waals surface area (Å²) in [4.78, 5) is 12.0. The maximum Gasteiger partial charge on any atom is 0.237 e. The van der Waals surface area contributed by atoms with E-state index < -0.39 is 0 Å². The van der Waals surface area contributed by atoms with E-state index >= 15 is 0 Å². The van der Waals surface area contributed by atoms with Gasteiger partial charge in [-0.15, -0.1) is 0 Å². The van der Waals surface area contributed by atoms with Crippen LogP contribution in [0, 0.1) is 5.92 Å². The summed E-state index contributed by atoms with van der Waals surface area (Å²) in [6.45, 7) is 3.16. The van der Waals surface area contributed by atoms with E-state index in [2.05, 4.69) is 17.6 Å². The minimum atomic E-state index is 0.0672. The first kappa shape index (κ1) is 11.9. The maximum atomic E-state index is 12.0. The Morgan fingerprint density at radius 1 is 1.19 bits per heavy atom. The number of hydrogen-bond acceptors (Lipinski definition) is 2. The second-order valence-corrected chi connectivity index (χ2v) is 5.34. The minimum absolute atomic E-state index is 0.0672. The van der Waals surface area contributed by atoms with E-state index in [0.717, 1.165) is 13.0 Å². The predicted molar refractivity (Wildman–Crippen MR) is 65.2 cm³/mol. The smallest absolute Gasteiger partial charge is 0.237 e. The lowest BCUT2D eigenvalue weighted by molar-refractivity contribution is -0.124. The van der Waals surface area contributed by atoms with E-state index in [1.807, 2.05) is 0 Å². The van der Waals surface area contributed by atoms with Gasteiger partial charge in [0.25, 0.3) is 0 Å². The molecule has 1 heterocycles. The number of hydrogen-bond donors (Lipinski definition) is 2. The lowest BCUT2D eigenvalue weighted by Crippen LogP contribution is -2.50. The maximum absolute atomic E-state index is 12.0. The third kappa shape index (κ3) is 2.97. The third-order valence-electron chi connectivity index (χ3n) is 4.10. The van der Waals surface area contributed by atoms with E-state index in [1.165, 1.54) is 38.5 Å². The molecule has 2 N–H and O–H groups in total. The van der Waals surface area contributed by atoms with Crippen molar-refractivity contribution in [3.63, 3.8) is 0 Å². The summed E-state index contributed by atoms with van der Waals surface area (Å²) in [7, 11) is 0. The fourth-order valence-corrected chi connectivity index (χ4v) is 2.98. The molecule has 2 fully saturated rings. The molecule has 0 aromatic carbocycles. The second-order valence-electron chi connectivity index (χ2n) is 5.34. The summed E-state index contributed by atoms with van der Waals surface area (Å²) in [5.41, 5.74) is 0. The summed E-state index contributed by atoms with van der Waals surface area (Å²) in [6.07, 6.45) is 8.66. The van der Waals surface area contributed by atoms with E-state index in [9.17, 15) is 4.79 Å². The molecular weight excluding hydrogens is 200 g/mol. The van der Waals surface area contributed by atoms with Crippen LogP contribution < -0.4 is 10.6 Å². The van der Waals surface area contributed by atoms with Gasteiger partial charge in [0, 0.05) is 6.04 Å². The molecular formula is C13H24N2O. The zero-order chi connectivity index (χ0) is 11.4. The van der Waals surface area contributed by atoms with E-state index in [4.69, 9.17) is 0 Å². The van der Waals surface area contributed by atoms with Crippen LogP contribution in [0.5, 0.6) is 0 Å². The lowest BCUT2D eigenvalue weighted by atomic mass is 9.98. The average molecular weight is 224 g/mol. The highest BCUT2D eigenvalue weighted by Crippen LogP contribution is 2.27. The number of carbonyl (C=O) groups is 1. The van der Waals surface area contributed by atoms with E-state index in [0.29, 0.717) is 12.0 Å². The fourth-order valence-electron chi connectivity index (χ4n) is 2.98. The summed E-state index contributed by atoms with van der Waals surface area (Å²) >= 11 is 0. The van der Waals surface area contributed by atoms with Gasteiger partial charge in [-0.2, -0.15) is 0 Å². The minimum Gasteiger partial charge on any atom is -0.352 e. The first-order chi connectivity index (χ1) is 7.77. The van der Waals surface area contributed by atoms with Crippen molar-refractivity contribution in [2.45, 2.75) is 64.0 Å². The van der Waals surface area contributed by atoms with Gasteiger partial charge >= 0.3 is 0 Å². The topological polar surface area (TPSA) is 41.1 Å². The van der Waals surface area contributed by atoms with Gasteiger partial charge in [0.1, 0.15) is 0 Å². The standard InChI is InChI=1S/C13H24N2O/c1-10(11-6-2-3-7-11)15-13(16)12-8-4-5-9-14-12/h10-12,14H,2-9H2,1H3,(H,15,16)/t10-,12-/m1/s1. The molecule has 1 aliphatic heterocycles. The van der Waals surface area contributed by atoms with Crippen molar-refractivity contribution >= 4 is 5.91 Å². The largest absolute Gasteiger partial charge is 0.352 e. The second kappa shape index (κ2) is 5.67. The van der Waals surface area contributed by atoms with Gasteiger partial charge in [-0.3, -0.25) is 4.79 Å². The molecule has 16 heavy (non-hydrogen) atoms. The van der Waals surface area contributed by atoms with Gasteiger partial charge in [-0.05, 0) is 45.1 Å². The van der Waals surface area contributed by atoms with Crippen LogP contribution in [0.2, 0.25) is 0 Å². The molecule has 2 aliphatic rings. The van der Waals surface area contributed by atoms with Gasteiger partial charge in [0.05, 0.1) is 6.04 Å². The van der Waals surface area contributed by atoms with Gasteiger partial charge in [-0.1, -0.05) is 19.3 Å². The van der Waals surface area contributed by atoms with Crippen LogP contribution >= 0.6 is 0 Å². The monoisotopic (exact) mass is 224 g/mol. The Balaban J connectivity index is 1.76. The van der Waals surface area contributed by atoms with Crippen molar-refractivity contribution in [3.8, 4) is 0 Å². The molecule has 0 aromatic heterocycles. The van der Waals surface area contributed by atoms with Crippen LogP contribution in [0.15, 0.2) is 0 Å². The molecule has 3 nitrogen and oxygen atoms in total. The molecule has 1 saturated carbocycles. The molecule has 92 valence electrons. The van der Waals surface area contributed by atoms with E-state index in [1.54, 1.807) is 0 Å². The normalized spacial score (nSPS) is 28.9. The van der Waals surface area contributed by atoms with Gasteiger partial charge in [-0.25, -0.2) is 0 Å². The first-order valence-electron chi connectivity index (χ1n) is 6.81. The summed E-state index contributed by atoms with van der Waals surface area (Å²) in [6, 6.07) is 0.427. The summed E-state index contributed by atoms with van der Waals surface area (Å²) in [5, 5.41) is 6.49. The number of piperidine rings is 1. The molecule has 0 radical (unpaired) electrons. The quantitative estimate of drug-likeness (QED) is 0.768. The van der Waals surface area contributed by atoms with Crippen molar-refractivity contribution in [2.75, 3.05) is 6.54 Å². The number of carbonyl (C=O) groups excluding carboxylic acids is 1. The molecule has 0 unspecified atom stereocenters. The fraction of sp³-hybridized carbons (Fsp3) is 0.923. The van der Waals surface area contributed by atoms with Crippen LogP contribution in [-0.2, 0) is 4.79 Å². The van der Waals surface area contributed by atoms with Crippen LogP contribution in [0.4, 0.5) is 0 Å². The summed E-state index contributed by atoms with van der Waals surface area (Å²) in [5.74, 6) is 0.937. The van der Waals surface area contributed by atoms with Crippen molar-refractivity contribution in [1.82, 2.24) is 10.6 Å². The highest BCUT2D eigenvalue weighted by atomic mass is 16.2. The van der Waals surface area contributed by atoms with Crippen LogP contribution in [0.25, 0.3) is 0 Å². The molecule has 1 saturated heterocycles. The number of amides is 1. The molecule has 2 atom stereocenters. The highest BCUT2D eigenvalue weighted by Gasteiger charge is 2.26. The van der Waals surface area contributed by atoms with Crippen molar-refractivity contribution in [3.05, 3.63) is 0 Å². The molecule has 2 rings (SSSR count). The molecule has 0 aromatic rings. The lowest BCUT2D eigenvalue weighted by Gasteiger charge is -2.26. The number of nitrogens with one attached hydrogen (secondary N) is 2. The Morgan fingerprint density at radius 3 is 2.50 bits per heavy atom. The van der Waals surface area contributed by atoms with Gasteiger partial charge in [0.2, 0.25) is 5.91 Å². The SMILES string of the molecule is C[C@@H](NC(=O)[C@H]1CCCCN1)C1CCCC1. The zero-order valence-electron chi connectivity index (χ0n) is 10.3.